The van der Waals surface area contributed by atoms with Crippen molar-refractivity contribution in [3.63, 3.8) is 0 Å². The fourth-order valence-electron chi connectivity index (χ4n) is 3.07. The molecule has 0 aliphatic heterocycles. The topological polar surface area (TPSA) is 54.5 Å². The maximum Gasteiger partial charge on any atom is 0.205 e. The van der Waals surface area contributed by atoms with Gasteiger partial charge in [0.05, 0.1) is 6.57 Å². The number of benzene rings is 1. The van der Waals surface area contributed by atoms with Crippen molar-refractivity contribution in [2.75, 3.05) is 6.61 Å². The molecule has 0 aliphatic rings. The Hall–Kier alpha value is -2.51. The first-order valence-electron chi connectivity index (χ1n) is 9.00. The van der Waals surface area contributed by atoms with Crippen molar-refractivity contribution in [1.82, 2.24) is 4.98 Å². The summed E-state index contributed by atoms with van der Waals surface area (Å²) in [4.78, 5) is 20.3. The van der Waals surface area contributed by atoms with E-state index in [1.807, 2.05) is 44.2 Å². The summed E-state index contributed by atoms with van der Waals surface area (Å²) < 4.78 is 0. The van der Waals surface area contributed by atoms with Crippen molar-refractivity contribution in [3.05, 3.63) is 59.7 Å². The third-order valence-corrected chi connectivity index (χ3v) is 4.92. The molecule has 4 nitrogen and oxygen atoms in total. The van der Waals surface area contributed by atoms with Crippen LogP contribution < -0.4 is 0 Å². The van der Waals surface area contributed by atoms with Crippen LogP contribution in [0.4, 0.5) is 5.69 Å². The molecule has 4 heteroatoms. The summed E-state index contributed by atoms with van der Waals surface area (Å²) in [6.45, 7) is 13.1. The fraction of sp³-hybridized carbons (Fsp3) is 0.409. The molecule has 1 aromatic heterocycles. The first kappa shape index (κ1) is 19.8. The van der Waals surface area contributed by atoms with Crippen molar-refractivity contribution in [3.8, 4) is 11.1 Å². The number of Topliss-reactive ketones (excluding diaryl/α,β-unsaturated/α-hetero) is 1. The molecule has 0 bridgehead atoms. The van der Waals surface area contributed by atoms with Gasteiger partial charge in [0.15, 0.2) is 0 Å². The largest absolute Gasteiger partial charge is 0.396 e. The fourth-order valence-corrected chi connectivity index (χ4v) is 3.07. The van der Waals surface area contributed by atoms with Crippen molar-refractivity contribution < 1.29 is 9.90 Å². The number of nitrogens with zero attached hydrogens (tertiary/aromatic N) is 2. The number of carbonyl (C=O) groups excluding carboxylic acids is 1. The monoisotopic (exact) mass is 350 g/mol. The predicted octanol–water partition coefficient (Wildman–Crippen LogP) is 4.94. The molecule has 0 saturated heterocycles. The number of hydrogen-bond acceptors (Lipinski definition) is 3. The molecule has 1 aromatic carbocycles. The molecule has 1 heterocycles. The second-order valence-corrected chi connectivity index (χ2v) is 7.21. The minimum Gasteiger partial charge on any atom is -0.396 e. The molecule has 2 rings (SSSR count). The van der Waals surface area contributed by atoms with Crippen LogP contribution in [0.3, 0.4) is 0 Å². The predicted molar refractivity (Wildman–Crippen MR) is 104 cm³/mol. The Morgan fingerprint density at radius 3 is 2.50 bits per heavy atom. The van der Waals surface area contributed by atoms with Crippen LogP contribution in [0.15, 0.2) is 42.7 Å². The molecule has 0 amide bonds. The maximum atomic E-state index is 12.8. The van der Waals surface area contributed by atoms with E-state index in [1.54, 1.807) is 12.4 Å². The van der Waals surface area contributed by atoms with Crippen molar-refractivity contribution in [2.24, 2.45) is 5.92 Å². The number of carbonyl (C=O) groups is 1. The SMILES string of the molecule is [C-]#[N+]c1cncc(-c2ccc(C(C)(C)C(=O)CC(CO)CCC)cc2)c1. The zero-order valence-corrected chi connectivity index (χ0v) is 15.7. The van der Waals surface area contributed by atoms with Crippen LogP contribution in [-0.2, 0) is 10.2 Å². The number of pyridine rings is 1. The minimum atomic E-state index is -0.601. The number of ketones is 1. The van der Waals surface area contributed by atoms with Crippen LogP contribution in [0.5, 0.6) is 0 Å². The molecule has 1 N–H and O–H groups in total. The Bertz CT molecular complexity index is 789. The van der Waals surface area contributed by atoms with E-state index < -0.39 is 5.41 Å². The van der Waals surface area contributed by atoms with Gasteiger partial charge in [0, 0.05) is 30.8 Å². The van der Waals surface area contributed by atoms with E-state index >= 15 is 0 Å². The third-order valence-electron chi connectivity index (χ3n) is 4.92. The molecule has 1 atom stereocenters. The molecule has 0 radical (unpaired) electrons. The molecule has 0 aliphatic carbocycles. The van der Waals surface area contributed by atoms with Crippen LogP contribution in [0.2, 0.25) is 0 Å². The first-order chi connectivity index (χ1) is 12.4. The molecule has 136 valence electrons. The smallest absolute Gasteiger partial charge is 0.205 e. The van der Waals surface area contributed by atoms with E-state index in [4.69, 9.17) is 6.57 Å². The number of aliphatic hydroxyl groups excluding tert-OH is 1. The van der Waals surface area contributed by atoms with Crippen molar-refractivity contribution in [1.29, 1.82) is 0 Å². The number of aromatic nitrogens is 1. The van der Waals surface area contributed by atoms with E-state index in [1.165, 1.54) is 0 Å². The molecular formula is C22H26N2O2. The summed E-state index contributed by atoms with van der Waals surface area (Å²) in [6, 6.07) is 9.66. The summed E-state index contributed by atoms with van der Waals surface area (Å²) in [6.07, 6.45) is 5.50. The second kappa shape index (κ2) is 8.73. The summed E-state index contributed by atoms with van der Waals surface area (Å²) in [5, 5.41) is 9.47. The van der Waals surface area contributed by atoms with Gasteiger partial charge in [-0.3, -0.25) is 9.78 Å². The van der Waals surface area contributed by atoms with Gasteiger partial charge in [-0.2, -0.15) is 0 Å². The van der Waals surface area contributed by atoms with E-state index in [-0.39, 0.29) is 18.3 Å². The van der Waals surface area contributed by atoms with E-state index in [0.29, 0.717) is 12.1 Å². The quantitative estimate of drug-likeness (QED) is 0.686. The Labute approximate surface area is 155 Å². The molecule has 0 fully saturated rings. The highest BCUT2D eigenvalue weighted by Crippen LogP contribution is 2.30. The Morgan fingerprint density at radius 1 is 1.23 bits per heavy atom. The van der Waals surface area contributed by atoms with Crippen molar-refractivity contribution in [2.45, 2.75) is 45.4 Å². The van der Waals surface area contributed by atoms with Crippen LogP contribution in [-0.4, -0.2) is 22.5 Å². The zero-order valence-electron chi connectivity index (χ0n) is 15.7. The Balaban J connectivity index is 2.20. The maximum absolute atomic E-state index is 12.8. The second-order valence-electron chi connectivity index (χ2n) is 7.21. The minimum absolute atomic E-state index is 0.0356. The average Bonchev–Trinajstić information content (AvgIpc) is 2.67. The van der Waals surface area contributed by atoms with Gasteiger partial charge in [-0.25, -0.2) is 4.85 Å². The summed E-state index contributed by atoms with van der Waals surface area (Å²) in [5.74, 6) is 0.183. The molecule has 0 saturated carbocycles. The summed E-state index contributed by atoms with van der Waals surface area (Å²) in [5.41, 5.74) is 2.71. The first-order valence-corrected chi connectivity index (χ1v) is 9.00. The molecule has 1 unspecified atom stereocenters. The Kier molecular flexibility index (Phi) is 6.65. The van der Waals surface area contributed by atoms with Gasteiger partial charge in [-0.15, -0.1) is 0 Å². The standard InChI is InChI=1S/C22H26N2O2/c1-5-6-16(15-25)11-21(26)22(2,3)19-9-7-17(8-10-19)18-12-20(23-4)14-24-13-18/h7-10,12-14,16,25H,5-6,11,15H2,1-3H3. The van der Waals surface area contributed by atoms with Gasteiger partial charge in [0.25, 0.3) is 0 Å². The summed E-state index contributed by atoms with van der Waals surface area (Å²) >= 11 is 0. The lowest BCUT2D eigenvalue weighted by molar-refractivity contribution is -0.124. The molecule has 26 heavy (non-hydrogen) atoms. The van der Waals surface area contributed by atoms with Gasteiger partial charge < -0.3 is 5.11 Å². The van der Waals surface area contributed by atoms with E-state index in [2.05, 4.69) is 16.8 Å². The van der Waals surface area contributed by atoms with Crippen LogP contribution in [0.1, 0.15) is 45.6 Å². The van der Waals surface area contributed by atoms with Crippen LogP contribution in [0, 0.1) is 12.5 Å². The molecular weight excluding hydrogens is 324 g/mol. The summed E-state index contributed by atoms with van der Waals surface area (Å²) in [7, 11) is 0. The van der Waals surface area contributed by atoms with Gasteiger partial charge in [0.1, 0.15) is 5.78 Å². The van der Waals surface area contributed by atoms with Crippen LogP contribution >= 0.6 is 0 Å². The van der Waals surface area contributed by atoms with Gasteiger partial charge in [0.2, 0.25) is 5.69 Å². The van der Waals surface area contributed by atoms with Gasteiger partial charge in [-0.05, 0) is 48.9 Å². The highest BCUT2D eigenvalue weighted by atomic mass is 16.3. The zero-order chi connectivity index (χ0) is 19.2. The van der Waals surface area contributed by atoms with Crippen LogP contribution in [0.25, 0.3) is 16.0 Å². The number of hydrogen-bond donors (Lipinski definition) is 1. The highest BCUT2D eigenvalue weighted by Gasteiger charge is 2.30. The average molecular weight is 350 g/mol. The third kappa shape index (κ3) is 4.56. The van der Waals surface area contributed by atoms with Gasteiger partial charge in [-0.1, -0.05) is 37.6 Å². The normalized spacial score (nSPS) is 12.4. The lowest BCUT2D eigenvalue weighted by Crippen LogP contribution is -2.31. The molecule has 0 spiro atoms. The lowest BCUT2D eigenvalue weighted by Gasteiger charge is -2.26. The van der Waals surface area contributed by atoms with Gasteiger partial charge >= 0.3 is 0 Å². The van der Waals surface area contributed by atoms with Crippen molar-refractivity contribution >= 4 is 11.5 Å². The van der Waals surface area contributed by atoms with E-state index in [9.17, 15) is 9.90 Å². The molecule has 2 aromatic rings. The van der Waals surface area contributed by atoms with E-state index in [0.717, 1.165) is 29.5 Å². The highest BCUT2D eigenvalue weighted by molar-refractivity contribution is 5.89. The number of aliphatic hydroxyl groups is 1. The lowest BCUT2D eigenvalue weighted by atomic mass is 9.77. The Morgan fingerprint density at radius 2 is 1.92 bits per heavy atom. The number of rotatable bonds is 8.